The van der Waals surface area contributed by atoms with Crippen LogP contribution in [0, 0.1) is 5.82 Å². The first-order valence-corrected chi connectivity index (χ1v) is 11.9. The van der Waals surface area contributed by atoms with Gasteiger partial charge in [-0.3, -0.25) is 4.79 Å². The minimum atomic E-state index is -0.638. The Balaban J connectivity index is 1.33. The summed E-state index contributed by atoms with van der Waals surface area (Å²) in [5.74, 6) is -0.611. The number of likely N-dealkylation sites (tertiary alicyclic amines) is 1. The lowest BCUT2D eigenvalue weighted by atomic mass is 10.1. The van der Waals surface area contributed by atoms with Gasteiger partial charge in [-0.2, -0.15) is 5.10 Å². The molecule has 0 radical (unpaired) electrons. The topological polar surface area (TPSA) is 102 Å². The van der Waals surface area contributed by atoms with Crippen molar-refractivity contribution < 1.29 is 9.18 Å². The molecule has 174 valence electrons. The number of amides is 1. The van der Waals surface area contributed by atoms with Crippen molar-refractivity contribution >= 4 is 40.1 Å². The number of pyridine rings is 2. The summed E-state index contributed by atoms with van der Waals surface area (Å²) in [4.78, 5) is 22.8. The monoisotopic (exact) mass is 477 g/mol. The summed E-state index contributed by atoms with van der Waals surface area (Å²) in [6.45, 7) is 2.22. The van der Waals surface area contributed by atoms with Gasteiger partial charge in [-0.25, -0.2) is 19.0 Å². The van der Waals surface area contributed by atoms with E-state index in [1.54, 1.807) is 24.5 Å². The molecule has 0 bridgehead atoms. The number of hydrogen-bond donors (Lipinski definition) is 2. The van der Waals surface area contributed by atoms with E-state index in [-0.39, 0.29) is 11.4 Å². The highest BCUT2D eigenvalue weighted by molar-refractivity contribution is 7.99. The first kappa shape index (κ1) is 22.3. The number of fused-ring (bicyclic) bond motifs is 1. The van der Waals surface area contributed by atoms with E-state index < -0.39 is 11.7 Å². The smallest absolute Gasteiger partial charge is 0.269 e. The van der Waals surface area contributed by atoms with Crippen LogP contribution in [-0.2, 0) is 0 Å². The SMILES string of the molecule is CN1CCC(Sc2ccc3cnc(Nc4ccc(-n5ccc(C(N)=O)n5)cc4F)cc3n2)CC1. The number of hydrogen-bond acceptors (Lipinski definition) is 7. The molecule has 4 heterocycles. The van der Waals surface area contributed by atoms with E-state index in [1.165, 1.54) is 16.8 Å². The van der Waals surface area contributed by atoms with Crippen molar-refractivity contribution in [3.8, 4) is 5.69 Å². The van der Waals surface area contributed by atoms with Crippen LogP contribution in [0.15, 0.2) is 59.9 Å². The number of piperidine rings is 1. The Morgan fingerprint density at radius 1 is 1.18 bits per heavy atom. The quantitative estimate of drug-likeness (QED) is 0.433. The summed E-state index contributed by atoms with van der Waals surface area (Å²) in [5.41, 5.74) is 6.90. The number of primary amides is 1. The van der Waals surface area contributed by atoms with Crippen LogP contribution < -0.4 is 11.1 Å². The third-order valence-corrected chi connectivity index (χ3v) is 7.10. The van der Waals surface area contributed by atoms with Gasteiger partial charge >= 0.3 is 0 Å². The summed E-state index contributed by atoms with van der Waals surface area (Å²) in [6, 6.07) is 12.0. The molecule has 10 heteroatoms. The lowest BCUT2D eigenvalue weighted by Gasteiger charge is -2.28. The van der Waals surface area contributed by atoms with Gasteiger partial charge in [0.2, 0.25) is 0 Å². The molecule has 34 heavy (non-hydrogen) atoms. The molecule has 0 aliphatic carbocycles. The molecule has 1 aliphatic rings. The molecule has 4 aromatic rings. The molecule has 3 aromatic heterocycles. The Hall–Kier alpha value is -3.50. The summed E-state index contributed by atoms with van der Waals surface area (Å²) >= 11 is 1.82. The second kappa shape index (κ2) is 9.40. The molecule has 1 amide bonds. The Morgan fingerprint density at radius 2 is 2.00 bits per heavy atom. The van der Waals surface area contributed by atoms with E-state index in [2.05, 4.69) is 27.3 Å². The van der Waals surface area contributed by atoms with Crippen LogP contribution in [0.3, 0.4) is 0 Å². The lowest BCUT2D eigenvalue weighted by molar-refractivity contribution is 0.0995. The number of halogens is 1. The second-order valence-corrected chi connectivity index (χ2v) is 9.65. The molecule has 3 N–H and O–H groups in total. The molecule has 1 aromatic carbocycles. The standard InChI is InChI=1S/C24H24FN7OS/c1-31-9-6-17(7-10-31)34-23-5-2-15-14-27-22(13-21(15)29-23)28-19-4-3-16(12-18(19)25)32-11-8-20(30-32)24(26)33/h2-5,8,11-14,17H,6-7,9-10H2,1H3,(H2,26,33)(H,27,28). The first-order valence-electron chi connectivity index (χ1n) is 11.0. The number of thioether (sulfide) groups is 1. The van der Waals surface area contributed by atoms with Gasteiger partial charge in [-0.1, -0.05) is 0 Å². The highest BCUT2D eigenvalue weighted by atomic mass is 32.2. The maximum absolute atomic E-state index is 14.8. The number of aromatic nitrogens is 4. The highest BCUT2D eigenvalue weighted by Crippen LogP contribution is 2.30. The van der Waals surface area contributed by atoms with E-state index >= 15 is 0 Å². The minimum absolute atomic E-state index is 0.115. The second-order valence-electron chi connectivity index (χ2n) is 8.33. The van der Waals surface area contributed by atoms with Crippen molar-refractivity contribution in [1.82, 2.24) is 24.6 Å². The van der Waals surface area contributed by atoms with Gasteiger partial charge in [0.05, 0.1) is 21.9 Å². The van der Waals surface area contributed by atoms with Crippen molar-refractivity contribution in [3.63, 3.8) is 0 Å². The third kappa shape index (κ3) is 4.87. The zero-order chi connectivity index (χ0) is 23.7. The molecular weight excluding hydrogens is 453 g/mol. The van der Waals surface area contributed by atoms with Crippen LogP contribution in [0.1, 0.15) is 23.3 Å². The number of anilines is 2. The minimum Gasteiger partial charge on any atom is -0.364 e. The van der Waals surface area contributed by atoms with E-state index in [0.29, 0.717) is 16.8 Å². The van der Waals surface area contributed by atoms with Crippen LogP contribution in [0.4, 0.5) is 15.9 Å². The molecule has 0 saturated carbocycles. The molecule has 1 saturated heterocycles. The molecule has 8 nitrogen and oxygen atoms in total. The molecule has 0 spiro atoms. The van der Waals surface area contributed by atoms with Crippen LogP contribution in [0.5, 0.6) is 0 Å². The zero-order valence-corrected chi connectivity index (χ0v) is 19.4. The summed E-state index contributed by atoms with van der Waals surface area (Å²) in [6.07, 6.45) is 5.60. The van der Waals surface area contributed by atoms with Crippen molar-refractivity contribution in [3.05, 3.63) is 66.4 Å². The third-order valence-electron chi connectivity index (χ3n) is 5.82. The number of benzene rings is 1. The van der Waals surface area contributed by atoms with Gasteiger partial charge in [-0.15, -0.1) is 11.8 Å². The number of nitrogens with two attached hydrogens (primary N) is 1. The van der Waals surface area contributed by atoms with Crippen LogP contribution in [-0.4, -0.2) is 55.9 Å². The first-order chi connectivity index (χ1) is 16.4. The van der Waals surface area contributed by atoms with E-state index in [4.69, 9.17) is 10.7 Å². The predicted molar refractivity (Wildman–Crippen MR) is 131 cm³/mol. The average Bonchev–Trinajstić information content (AvgIpc) is 3.33. The molecule has 1 aliphatic heterocycles. The van der Waals surface area contributed by atoms with E-state index in [1.807, 2.05) is 30.0 Å². The molecule has 5 rings (SSSR count). The van der Waals surface area contributed by atoms with Gasteiger partial charge in [0.1, 0.15) is 17.3 Å². The van der Waals surface area contributed by atoms with Crippen molar-refractivity contribution in [2.75, 3.05) is 25.5 Å². The Bertz CT molecular complexity index is 1350. The summed E-state index contributed by atoms with van der Waals surface area (Å²) in [5, 5.41) is 9.57. The molecule has 1 fully saturated rings. The predicted octanol–water partition coefficient (Wildman–Crippen LogP) is 3.98. The number of nitrogens with zero attached hydrogens (tertiary/aromatic N) is 5. The number of nitrogens with one attached hydrogen (secondary N) is 1. The Kier molecular flexibility index (Phi) is 6.16. The van der Waals surface area contributed by atoms with Gasteiger partial charge in [0.25, 0.3) is 5.91 Å². The fourth-order valence-corrected chi connectivity index (χ4v) is 4.98. The van der Waals surface area contributed by atoms with Crippen molar-refractivity contribution in [2.45, 2.75) is 23.1 Å². The van der Waals surface area contributed by atoms with E-state index in [9.17, 15) is 9.18 Å². The maximum Gasteiger partial charge on any atom is 0.269 e. The van der Waals surface area contributed by atoms with Crippen molar-refractivity contribution in [2.24, 2.45) is 5.73 Å². The van der Waals surface area contributed by atoms with Gasteiger partial charge in [-0.05, 0) is 63.3 Å². The molecular formula is C24H24FN7OS. The van der Waals surface area contributed by atoms with E-state index in [0.717, 1.165) is 41.9 Å². The Morgan fingerprint density at radius 3 is 2.74 bits per heavy atom. The summed E-state index contributed by atoms with van der Waals surface area (Å²) in [7, 11) is 2.16. The van der Waals surface area contributed by atoms with Crippen LogP contribution >= 0.6 is 11.8 Å². The van der Waals surface area contributed by atoms with Crippen molar-refractivity contribution in [1.29, 1.82) is 0 Å². The molecule has 0 atom stereocenters. The van der Waals surface area contributed by atoms with Gasteiger partial charge < -0.3 is 16.0 Å². The van der Waals surface area contributed by atoms with Crippen LogP contribution in [0.2, 0.25) is 0 Å². The fraction of sp³-hybridized carbons (Fsp3) is 0.250. The average molecular weight is 478 g/mol. The number of rotatable bonds is 6. The largest absolute Gasteiger partial charge is 0.364 e. The number of carbonyl (C=O) groups is 1. The molecule has 0 unspecified atom stereocenters. The fourth-order valence-electron chi connectivity index (χ4n) is 3.89. The van der Waals surface area contributed by atoms with Gasteiger partial charge in [0.15, 0.2) is 0 Å². The number of carbonyl (C=O) groups excluding carboxylic acids is 1. The normalized spacial score (nSPS) is 15.0. The Labute approximate surface area is 200 Å². The van der Waals surface area contributed by atoms with Crippen LogP contribution in [0.25, 0.3) is 16.6 Å². The zero-order valence-electron chi connectivity index (χ0n) is 18.6. The van der Waals surface area contributed by atoms with Gasteiger partial charge in [0, 0.05) is 35.2 Å². The maximum atomic E-state index is 14.8. The lowest BCUT2D eigenvalue weighted by Crippen LogP contribution is -2.31. The summed E-state index contributed by atoms with van der Waals surface area (Å²) < 4.78 is 16.2. The highest BCUT2D eigenvalue weighted by Gasteiger charge is 2.18.